The first kappa shape index (κ1) is 17.8. The maximum atomic E-state index is 13.2. The zero-order valence-electron chi connectivity index (χ0n) is 15.5. The lowest BCUT2D eigenvalue weighted by atomic mass is 10.1. The molecule has 0 saturated heterocycles. The van der Waals surface area contributed by atoms with Crippen molar-refractivity contribution in [2.24, 2.45) is 0 Å². The third-order valence-corrected chi connectivity index (χ3v) is 4.21. The molecular formula is C19H17FN6O2. The van der Waals surface area contributed by atoms with E-state index in [1.165, 1.54) is 18.6 Å². The summed E-state index contributed by atoms with van der Waals surface area (Å²) in [4.78, 5) is 17.1. The van der Waals surface area contributed by atoms with Gasteiger partial charge in [0, 0.05) is 10.9 Å². The van der Waals surface area contributed by atoms with Crippen molar-refractivity contribution in [2.45, 2.75) is 19.9 Å². The van der Waals surface area contributed by atoms with E-state index >= 15 is 0 Å². The van der Waals surface area contributed by atoms with Crippen molar-refractivity contribution in [1.82, 2.24) is 25.1 Å². The maximum absolute atomic E-state index is 13.2. The van der Waals surface area contributed by atoms with Gasteiger partial charge in [-0.15, -0.1) is 0 Å². The largest absolute Gasteiger partial charge is 0.494 e. The number of aromatic nitrogens is 5. The van der Waals surface area contributed by atoms with Crippen LogP contribution in [0.5, 0.6) is 5.75 Å². The van der Waals surface area contributed by atoms with Gasteiger partial charge in [0.1, 0.15) is 35.3 Å². The third kappa shape index (κ3) is 3.34. The molecule has 1 unspecified atom stereocenters. The average Bonchev–Trinajstić information content (AvgIpc) is 3.14. The molecule has 3 heterocycles. The molecule has 0 spiro atoms. The molecule has 0 aliphatic rings. The molecule has 142 valence electrons. The molecule has 1 atom stereocenters. The number of pyridine rings is 1. The second kappa shape index (κ2) is 7.18. The lowest BCUT2D eigenvalue weighted by Crippen LogP contribution is -2.09. The zero-order valence-corrected chi connectivity index (χ0v) is 15.5. The molecule has 4 rings (SSSR count). The van der Waals surface area contributed by atoms with Gasteiger partial charge in [-0.05, 0) is 38.1 Å². The van der Waals surface area contributed by atoms with Crippen molar-refractivity contribution in [3.8, 4) is 17.0 Å². The van der Waals surface area contributed by atoms with E-state index in [1.807, 2.05) is 19.1 Å². The smallest absolute Gasteiger partial charge is 0.248 e. The molecular weight excluding hydrogens is 363 g/mol. The van der Waals surface area contributed by atoms with Crippen LogP contribution in [0.4, 0.5) is 10.2 Å². The molecule has 0 radical (unpaired) electrons. The van der Waals surface area contributed by atoms with Crippen LogP contribution < -0.4 is 10.1 Å². The standard InChI is InChI=1S/C19H17FN6O2/c1-10(19-25-11(2)26-28-19)24-18-14-6-12(15-5-4-13(20)8-21-15)7-16(27-3)17(14)22-9-23-18/h4-10H,1-3H3,(H,22,23,24). The predicted octanol–water partition coefficient (Wildman–Crippen LogP) is 3.70. The third-order valence-electron chi connectivity index (χ3n) is 4.21. The number of aryl methyl sites for hydroxylation is 1. The number of hydrogen-bond donors (Lipinski definition) is 1. The van der Waals surface area contributed by atoms with Crippen molar-refractivity contribution in [3.63, 3.8) is 0 Å². The second-order valence-electron chi connectivity index (χ2n) is 6.20. The normalized spacial score (nSPS) is 12.1. The maximum Gasteiger partial charge on any atom is 0.248 e. The van der Waals surface area contributed by atoms with Crippen molar-refractivity contribution in [2.75, 3.05) is 12.4 Å². The van der Waals surface area contributed by atoms with E-state index in [-0.39, 0.29) is 6.04 Å². The molecule has 0 amide bonds. The van der Waals surface area contributed by atoms with Crippen LogP contribution in [-0.4, -0.2) is 32.2 Å². The van der Waals surface area contributed by atoms with Crippen LogP contribution in [0.3, 0.4) is 0 Å². The fourth-order valence-corrected chi connectivity index (χ4v) is 2.86. The highest BCUT2D eigenvalue weighted by atomic mass is 19.1. The van der Waals surface area contributed by atoms with Crippen LogP contribution in [0.1, 0.15) is 24.7 Å². The number of nitrogens with zero attached hydrogens (tertiary/aromatic N) is 5. The summed E-state index contributed by atoms with van der Waals surface area (Å²) in [5.41, 5.74) is 2.00. The van der Waals surface area contributed by atoms with E-state index in [0.29, 0.717) is 34.5 Å². The minimum absolute atomic E-state index is 0.266. The predicted molar refractivity (Wildman–Crippen MR) is 100 cm³/mol. The highest BCUT2D eigenvalue weighted by molar-refractivity contribution is 5.96. The zero-order chi connectivity index (χ0) is 19.7. The van der Waals surface area contributed by atoms with E-state index < -0.39 is 5.82 Å². The summed E-state index contributed by atoms with van der Waals surface area (Å²) in [7, 11) is 1.57. The number of methoxy groups -OCH3 is 1. The number of nitrogens with one attached hydrogen (secondary N) is 1. The molecule has 8 nitrogen and oxygen atoms in total. The second-order valence-corrected chi connectivity index (χ2v) is 6.20. The molecule has 4 aromatic rings. The quantitative estimate of drug-likeness (QED) is 0.559. The first-order valence-corrected chi connectivity index (χ1v) is 8.56. The highest BCUT2D eigenvalue weighted by Crippen LogP contribution is 2.34. The van der Waals surface area contributed by atoms with Gasteiger partial charge in [-0.1, -0.05) is 5.16 Å². The molecule has 0 aliphatic heterocycles. The van der Waals surface area contributed by atoms with Gasteiger partial charge in [-0.25, -0.2) is 14.4 Å². The number of ether oxygens (including phenoxy) is 1. The van der Waals surface area contributed by atoms with Crippen molar-refractivity contribution in [1.29, 1.82) is 0 Å². The molecule has 0 saturated carbocycles. The Hall–Kier alpha value is -3.62. The van der Waals surface area contributed by atoms with Crippen molar-refractivity contribution >= 4 is 16.7 Å². The fraction of sp³-hybridized carbons (Fsp3) is 0.211. The van der Waals surface area contributed by atoms with E-state index in [9.17, 15) is 4.39 Å². The van der Waals surface area contributed by atoms with Crippen LogP contribution in [0.15, 0.2) is 41.3 Å². The minimum Gasteiger partial charge on any atom is -0.494 e. The Balaban J connectivity index is 1.80. The molecule has 1 aromatic carbocycles. The molecule has 1 N–H and O–H groups in total. The SMILES string of the molecule is COc1cc(-c2ccc(F)cn2)cc2c(NC(C)c3nc(C)no3)ncnc12. The number of anilines is 1. The van der Waals surface area contributed by atoms with Gasteiger partial charge in [0.15, 0.2) is 5.82 Å². The van der Waals surface area contributed by atoms with Crippen molar-refractivity contribution < 1.29 is 13.7 Å². The van der Waals surface area contributed by atoms with Crippen molar-refractivity contribution in [3.05, 3.63) is 54.3 Å². The number of halogens is 1. The molecule has 0 aliphatic carbocycles. The van der Waals surface area contributed by atoms with E-state index in [1.54, 1.807) is 20.1 Å². The van der Waals surface area contributed by atoms with Crippen LogP contribution in [0.25, 0.3) is 22.2 Å². The van der Waals surface area contributed by atoms with Gasteiger partial charge in [-0.2, -0.15) is 4.98 Å². The fourth-order valence-electron chi connectivity index (χ4n) is 2.86. The lowest BCUT2D eigenvalue weighted by Gasteiger charge is -2.14. The van der Waals surface area contributed by atoms with E-state index in [0.717, 1.165) is 10.9 Å². The summed E-state index contributed by atoms with van der Waals surface area (Å²) in [5, 5.41) is 7.81. The van der Waals surface area contributed by atoms with Crippen LogP contribution in [0, 0.1) is 12.7 Å². The summed E-state index contributed by atoms with van der Waals surface area (Å²) < 4.78 is 24.0. The minimum atomic E-state index is -0.397. The molecule has 3 aromatic heterocycles. The Labute approximate surface area is 159 Å². The first-order chi connectivity index (χ1) is 13.5. The van der Waals surface area contributed by atoms with Gasteiger partial charge < -0.3 is 14.6 Å². The van der Waals surface area contributed by atoms with Gasteiger partial charge in [0.2, 0.25) is 5.89 Å². The summed E-state index contributed by atoms with van der Waals surface area (Å²) in [6.45, 7) is 3.65. The van der Waals surface area contributed by atoms with Crippen LogP contribution >= 0.6 is 0 Å². The molecule has 9 heteroatoms. The van der Waals surface area contributed by atoms with Gasteiger partial charge in [0.05, 0.1) is 19.0 Å². The van der Waals surface area contributed by atoms with E-state index in [4.69, 9.17) is 9.26 Å². The number of rotatable bonds is 5. The van der Waals surface area contributed by atoms with E-state index in [2.05, 4.69) is 30.4 Å². The topological polar surface area (TPSA) is 98.8 Å². The molecule has 28 heavy (non-hydrogen) atoms. The van der Waals surface area contributed by atoms with Gasteiger partial charge in [-0.3, -0.25) is 4.98 Å². The summed E-state index contributed by atoms with van der Waals surface area (Å²) in [6.07, 6.45) is 2.63. The Morgan fingerprint density at radius 2 is 2.04 bits per heavy atom. The number of hydrogen-bond acceptors (Lipinski definition) is 8. The average molecular weight is 380 g/mol. The molecule has 0 bridgehead atoms. The Morgan fingerprint density at radius 3 is 2.71 bits per heavy atom. The van der Waals surface area contributed by atoms with Gasteiger partial charge >= 0.3 is 0 Å². The summed E-state index contributed by atoms with van der Waals surface area (Å²) in [5.74, 6) is 1.75. The van der Waals surface area contributed by atoms with Crippen LogP contribution in [-0.2, 0) is 0 Å². The Bertz CT molecular complexity index is 1130. The Kier molecular flexibility index (Phi) is 4.56. The molecule has 0 fully saturated rings. The van der Waals surface area contributed by atoms with Gasteiger partial charge in [0.25, 0.3) is 0 Å². The monoisotopic (exact) mass is 380 g/mol. The number of fused-ring (bicyclic) bond motifs is 1. The number of benzene rings is 1. The van der Waals surface area contributed by atoms with Crippen LogP contribution in [0.2, 0.25) is 0 Å². The lowest BCUT2D eigenvalue weighted by molar-refractivity contribution is 0.364. The first-order valence-electron chi connectivity index (χ1n) is 8.56. The Morgan fingerprint density at radius 1 is 1.18 bits per heavy atom. The summed E-state index contributed by atoms with van der Waals surface area (Å²) in [6, 6.07) is 6.39. The highest BCUT2D eigenvalue weighted by Gasteiger charge is 2.17. The summed E-state index contributed by atoms with van der Waals surface area (Å²) >= 11 is 0.